The molecule has 0 aliphatic carbocycles. The van der Waals surface area contributed by atoms with Gasteiger partial charge in [0.05, 0.1) is 17.6 Å². The maximum atomic E-state index is 12.6. The summed E-state index contributed by atoms with van der Waals surface area (Å²) < 4.78 is 37.8. The average Bonchev–Trinajstić information content (AvgIpc) is 3.27. The summed E-state index contributed by atoms with van der Waals surface area (Å²) in [6.45, 7) is 0.974. The van der Waals surface area contributed by atoms with Crippen LogP contribution in [-0.4, -0.2) is 52.0 Å². The van der Waals surface area contributed by atoms with Crippen molar-refractivity contribution in [3.8, 4) is 5.75 Å². The number of benzene rings is 2. The summed E-state index contributed by atoms with van der Waals surface area (Å²) in [6.07, 6.45) is 1.89. The second-order valence-corrected chi connectivity index (χ2v) is 8.21. The summed E-state index contributed by atoms with van der Waals surface area (Å²) in [5, 5.41) is 0. The Morgan fingerprint density at radius 3 is 2.41 bits per heavy atom. The third-order valence-corrected chi connectivity index (χ3v) is 5.89. The van der Waals surface area contributed by atoms with Crippen molar-refractivity contribution in [1.82, 2.24) is 4.90 Å². The topological polar surface area (TPSA) is 102 Å². The third-order valence-electron chi connectivity index (χ3n) is 4.51. The first kappa shape index (κ1) is 20.7. The molecule has 1 heterocycles. The molecule has 0 saturated carbocycles. The van der Waals surface area contributed by atoms with Crippen LogP contribution in [0.25, 0.3) is 0 Å². The summed E-state index contributed by atoms with van der Waals surface area (Å²) in [5.74, 6) is -0.402. The van der Waals surface area contributed by atoms with Crippen molar-refractivity contribution in [3.05, 3.63) is 54.1 Å². The Balaban J connectivity index is 1.66. The molecule has 29 heavy (non-hydrogen) atoms. The van der Waals surface area contributed by atoms with Gasteiger partial charge in [-0.15, -0.1) is 0 Å². The Bertz CT molecular complexity index is 982. The lowest BCUT2D eigenvalue weighted by Gasteiger charge is -2.15. The Kier molecular flexibility index (Phi) is 6.38. The number of sulfonamides is 1. The van der Waals surface area contributed by atoms with E-state index < -0.39 is 16.0 Å². The quantitative estimate of drug-likeness (QED) is 0.692. The Labute approximate surface area is 169 Å². The van der Waals surface area contributed by atoms with Crippen molar-refractivity contribution in [1.29, 1.82) is 0 Å². The number of hydrogen-bond acceptors (Lipinski definition) is 6. The van der Waals surface area contributed by atoms with Crippen LogP contribution in [0.5, 0.6) is 5.75 Å². The van der Waals surface area contributed by atoms with Gasteiger partial charge in [-0.3, -0.25) is 9.52 Å². The van der Waals surface area contributed by atoms with E-state index in [2.05, 4.69) is 4.72 Å². The van der Waals surface area contributed by atoms with Crippen LogP contribution in [0.4, 0.5) is 5.69 Å². The van der Waals surface area contributed by atoms with E-state index in [9.17, 15) is 18.0 Å². The van der Waals surface area contributed by atoms with Gasteiger partial charge < -0.3 is 14.4 Å². The Morgan fingerprint density at radius 2 is 1.76 bits per heavy atom. The number of carbonyl (C=O) groups excluding carboxylic acids is 2. The molecule has 1 aliphatic heterocycles. The van der Waals surface area contributed by atoms with Crippen LogP contribution in [0.15, 0.2) is 53.4 Å². The van der Waals surface area contributed by atoms with Crippen molar-refractivity contribution in [2.75, 3.05) is 31.5 Å². The van der Waals surface area contributed by atoms with Gasteiger partial charge in [-0.05, 0) is 55.3 Å². The average molecular weight is 418 g/mol. The molecule has 1 fully saturated rings. The second-order valence-electron chi connectivity index (χ2n) is 6.53. The summed E-state index contributed by atoms with van der Waals surface area (Å²) in [4.78, 5) is 25.8. The molecule has 0 bridgehead atoms. The number of hydrogen-bond donors (Lipinski definition) is 1. The number of nitrogens with one attached hydrogen (secondary N) is 1. The van der Waals surface area contributed by atoms with Crippen molar-refractivity contribution < 1.29 is 27.5 Å². The highest BCUT2D eigenvalue weighted by Crippen LogP contribution is 2.20. The molecular weight excluding hydrogens is 396 g/mol. The number of rotatable bonds is 7. The van der Waals surface area contributed by atoms with Crippen LogP contribution in [0.1, 0.15) is 23.2 Å². The van der Waals surface area contributed by atoms with E-state index >= 15 is 0 Å². The standard InChI is InChI=1S/C20H22N2O6S/c1-27-17-9-7-16(8-10-17)21-29(25,26)18-6-4-5-15(13-18)20(24)28-14-19(23)22-11-2-3-12-22/h4-10,13,21H,2-3,11-12,14H2,1H3. The monoisotopic (exact) mass is 418 g/mol. The van der Waals surface area contributed by atoms with Gasteiger partial charge in [-0.2, -0.15) is 0 Å². The highest BCUT2D eigenvalue weighted by molar-refractivity contribution is 7.92. The van der Waals surface area contributed by atoms with Gasteiger partial charge in [-0.25, -0.2) is 13.2 Å². The van der Waals surface area contributed by atoms with Gasteiger partial charge >= 0.3 is 5.97 Å². The largest absolute Gasteiger partial charge is 0.497 e. The Morgan fingerprint density at radius 1 is 1.07 bits per heavy atom. The first-order chi connectivity index (χ1) is 13.9. The van der Waals surface area contributed by atoms with E-state index in [0.29, 0.717) is 24.5 Å². The van der Waals surface area contributed by atoms with E-state index in [1.165, 1.54) is 31.4 Å². The molecule has 2 aromatic rings. The first-order valence-corrected chi connectivity index (χ1v) is 10.6. The number of carbonyl (C=O) groups is 2. The molecule has 0 radical (unpaired) electrons. The first-order valence-electron chi connectivity index (χ1n) is 9.11. The molecule has 1 aliphatic rings. The van der Waals surface area contributed by atoms with Crippen molar-refractivity contribution in [2.24, 2.45) is 0 Å². The molecule has 1 amide bonds. The second kappa shape index (κ2) is 8.95. The van der Waals surface area contributed by atoms with E-state index in [1.807, 2.05) is 0 Å². The summed E-state index contributed by atoms with van der Waals surface area (Å²) in [7, 11) is -2.39. The molecule has 0 atom stereocenters. The van der Waals surface area contributed by atoms with Gasteiger partial charge in [0.25, 0.3) is 15.9 Å². The zero-order valence-corrected chi connectivity index (χ0v) is 16.8. The number of likely N-dealkylation sites (tertiary alicyclic amines) is 1. The van der Waals surface area contributed by atoms with Gasteiger partial charge in [-0.1, -0.05) is 6.07 Å². The summed E-state index contributed by atoms with van der Waals surface area (Å²) >= 11 is 0. The van der Waals surface area contributed by atoms with Crippen LogP contribution in [0.2, 0.25) is 0 Å². The molecule has 1 N–H and O–H groups in total. The van der Waals surface area contributed by atoms with Crippen LogP contribution >= 0.6 is 0 Å². The normalized spacial score (nSPS) is 13.8. The van der Waals surface area contributed by atoms with Crippen LogP contribution < -0.4 is 9.46 Å². The summed E-state index contributed by atoms with van der Waals surface area (Å²) in [6, 6.07) is 11.9. The van der Waals surface area contributed by atoms with E-state index in [-0.39, 0.29) is 23.0 Å². The number of esters is 1. The van der Waals surface area contributed by atoms with E-state index in [0.717, 1.165) is 12.8 Å². The molecule has 154 valence electrons. The fourth-order valence-corrected chi connectivity index (χ4v) is 4.04. The van der Waals surface area contributed by atoms with Gasteiger partial charge in [0.15, 0.2) is 6.61 Å². The van der Waals surface area contributed by atoms with Gasteiger partial charge in [0, 0.05) is 18.8 Å². The molecule has 3 rings (SSSR count). The maximum absolute atomic E-state index is 12.6. The zero-order chi connectivity index (χ0) is 20.9. The van der Waals surface area contributed by atoms with Crippen molar-refractivity contribution >= 4 is 27.6 Å². The predicted molar refractivity (Wildman–Crippen MR) is 106 cm³/mol. The van der Waals surface area contributed by atoms with E-state index in [1.54, 1.807) is 29.2 Å². The van der Waals surface area contributed by atoms with E-state index in [4.69, 9.17) is 9.47 Å². The SMILES string of the molecule is COc1ccc(NS(=O)(=O)c2cccc(C(=O)OCC(=O)N3CCCC3)c2)cc1. The highest BCUT2D eigenvalue weighted by atomic mass is 32.2. The lowest BCUT2D eigenvalue weighted by atomic mass is 10.2. The molecule has 1 saturated heterocycles. The zero-order valence-electron chi connectivity index (χ0n) is 16.0. The fourth-order valence-electron chi connectivity index (χ4n) is 2.93. The molecule has 9 heteroatoms. The third kappa shape index (κ3) is 5.26. The highest BCUT2D eigenvalue weighted by Gasteiger charge is 2.21. The van der Waals surface area contributed by atoms with Gasteiger partial charge in [0.1, 0.15) is 5.75 Å². The molecule has 0 aromatic heterocycles. The van der Waals surface area contributed by atoms with Gasteiger partial charge in [0.2, 0.25) is 0 Å². The minimum Gasteiger partial charge on any atom is -0.497 e. The smallest absolute Gasteiger partial charge is 0.338 e. The number of methoxy groups -OCH3 is 1. The summed E-state index contributed by atoms with van der Waals surface area (Å²) in [5.41, 5.74) is 0.409. The van der Waals surface area contributed by atoms with Crippen molar-refractivity contribution in [3.63, 3.8) is 0 Å². The van der Waals surface area contributed by atoms with Crippen LogP contribution in [0.3, 0.4) is 0 Å². The number of anilines is 1. The molecule has 0 unspecified atom stereocenters. The lowest BCUT2D eigenvalue weighted by Crippen LogP contribution is -2.32. The molecular formula is C20H22N2O6S. The molecule has 0 spiro atoms. The van der Waals surface area contributed by atoms with Crippen LogP contribution in [-0.2, 0) is 19.6 Å². The fraction of sp³-hybridized carbons (Fsp3) is 0.300. The maximum Gasteiger partial charge on any atom is 0.338 e. The van der Waals surface area contributed by atoms with Crippen molar-refractivity contribution in [2.45, 2.75) is 17.7 Å². The minimum absolute atomic E-state index is 0.0526. The minimum atomic E-state index is -3.91. The number of amides is 1. The predicted octanol–water partition coefficient (Wildman–Crippen LogP) is 2.28. The Hall–Kier alpha value is -3.07. The number of nitrogens with zero attached hydrogens (tertiary/aromatic N) is 1. The number of ether oxygens (including phenoxy) is 2. The lowest BCUT2D eigenvalue weighted by molar-refractivity contribution is -0.133. The van der Waals surface area contributed by atoms with Crippen LogP contribution in [0, 0.1) is 0 Å². The molecule has 8 nitrogen and oxygen atoms in total. The molecule has 2 aromatic carbocycles.